The minimum atomic E-state index is -0.564. The van der Waals surface area contributed by atoms with Crippen molar-refractivity contribution < 1.29 is 35.7 Å². The van der Waals surface area contributed by atoms with Crippen molar-refractivity contribution in [2.45, 2.75) is 151 Å². The van der Waals surface area contributed by atoms with E-state index in [0.717, 1.165) is 63.6 Å². The van der Waals surface area contributed by atoms with Crippen molar-refractivity contribution in [3.63, 3.8) is 0 Å². The number of hydrogen-bond acceptors (Lipinski definition) is 11. The smallest absolute Gasteiger partial charge is 0.169 e. The number of aromatic nitrogens is 2. The maximum absolute atomic E-state index is 13.3. The molecule has 0 radical (unpaired) electrons. The Kier molecular flexibility index (Phi) is 13.5. The normalized spacial score (nSPS) is 35.2. The number of phenolic OH excluding ortho intramolecular Hbond substituents is 5. The summed E-state index contributed by atoms with van der Waals surface area (Å²) in [7, 11) is 0. The van der Waals surface area contributed by atoms with Gasteiger partial charge >= 0.3 is 0 Å². The molecule has 12 heteroatoms. The van der Waals surface area contributed by atoms with Crippen LogP contribution in [0.3, 0.4) is 0 Å². The van der Waals surface area contributed by atoms with Gasteiger partial charge in [0.1, 0.15) is 5.75 Å². The Bertz CT molecular complexity index is 3580. The number of aliphatic hydroxyl groups is 2. The van der Waals surface area contributed by atoms with Gasteiger partial charge in [-0.1, -0.05) is 110 Å². The Morgan fingerprint density at radius 3 is 2.42 bits per heavy atom. The van der Waals surface area contributed by atoms with E-state index in [4.69, 9.17) is 10.3 Å². The second-order valence-corrected chi connectivity index (χ2v) is 27.5. The van der Waals surface area contributed by atoms with Gasteiger partial charge in [0, 0.05) is 65.8 Å². The van der Waals surface area contributed by atoms with E-state index < -0.39 is 11.5 Å². The quantitative estimate of drug-likeness (QED) is 0.0227. The van der Waals surface area contributed by atoms with Crippen molar-refractivity contribution in [2.75, 3.05) is 19.7 Å². The van der Waals surface area contributed by atoms with Crippen molar-refractivity contribution in [3.05, 3.63) is 166 Å². The van der Waals surface area contributed by atoms with Gasteiger partial charge in [-0.3, -0.25) is 0 Å². The number of piperidine rings is 2. The highest BCUT2D eigenvalue weighted by Crippen LogP contribution is 2.81. The predicted molar refractivity (Wildman–Crippen MR) is 328 cm³/mol. The van der Waals surface area contributed by atoms with Crippen molar-refractivity contribution in [1.29, 1.82) is 0 Å². The van der Waals surface area contributed by atoms with Crippen molar-refractivity contribution in [3.8, 4) is 28.7 Å². The molecule has 0 unspecified atom stereocenters. The monoisotopic (exact) mass is 1130 g/mol. The maximum atomic E-state index is 13.3. The first-order valence-corrected chi connectivity index (χ1v) is 31.9. The minimum absolute atomic E-state index is 0.00402. The standard InChI is InChI=1S/C72H83N5O7/c78-33-5-4-32-73-40-46-35-53(44-8-2-1-3-9-44)58-39-69(38-57(46)76-58)37-56(45-18-13-42(14-19-45)15-25-52-50(24-16-43-17-27-59(79)62(82)34-43)51-11-6-12-60(80)63(51)65(84)64(52)83)77-67-54(69)36-49-21-20-48-22-26-55-68(75-41-74-55)72(67)66-61(81)28-23-47-10-7-29-70(47,66)30-31-71(48,49)72/h1-3,6,8-9,11-14,16-19,23-24,27-28,34-35,41,47-49,53-54,56-58,61,66-67,73,76-84H,4-5,7,10,15,20-22,25-26,29-33,36-40H2,(H,74,75)/b24-16+/t47-,48-,49+,53+,54+,56-,57-,58+,61+,66-,67+,69-,70+,71+,72+/m0/s1. The lowest BCUT2D eigenvalue weighted by molar-refractivity contribution is -0.229. The number of unbranched alkanes of at least 4 members (excludes halogenated alkanes) is 1. The summed E-state index contributed by atoms with van der Waals surface area (Å²) in [4.78, 5) is 9.50. The van der Waals surface area contributed by atoms with Crippen LogP contribution in [0.4, 0.5) is 0 Å². The van der Waals surface area contributed by atoms with E-state index in [2.05, 4.69) is 88.4 Å². The van der Waals surface area contributed by atoms with E-state index in [1.165, 1.54) is 97.7 Å². The number of nitrogens with one attached hydrogen (secondary N) is 4. The Morgan fingerprint density at radius 2 is 1.57 bits per heavy atom. The lowest BCUT2D eigenvalue weighted by Crippen LogP contribution is -2.79. The lowest BCUT2D eigenvalue weighted by Gasteiger charge is -2.75. The minimum Gasteiger partial charge on any atom is -0.507 e. The molecule has 15 rings (SSSR count). The van der Waals surface area contributed by atoms with E-state index in [-0.39, 0.29) is 93.0 Å². The highest BCUT2D eigenvalue weighted by molar-refractivity contribution is 6.03. The molecule has 3 aliphatic heterocycles. The molecule has 3 spiro atoms. The van der Waals surface area contributed by atoms with E-state index in [1.807, 2.05) is 18.5 Å². The first-order chi connectivity index (χ1) is 41.0. The van der Waals surface area contributed by atoms with E-state index >= 15 is 0 Å². The number of aromatic amines is 1. The average molecular weight is 1130 g/mol. The summed E-state index contributed by atoms with van der Waals surface area (Å²) in [5.74, 6) is 0.913. The van der Waals surface area contributed by atoms with Crippen LogP contribution in [-0.2, 0) is 24.7 Å². The van der Waals surface area contributed by atoms with Gasteiger partial charge in [-0.25, -0.2) is 4.98 Å². The first-order valence-electron chi connectivity index (χ1n) is 31.9. The topological polar surface area (TPSA) is 206 Å². The third-order valence-electron chi connectivity index (χ3n) is 24.1. The number of imidazole rings is 1. The number of aliphatic hydroxyl groups excluding tert-OH is 2. The lowest BCUT2D eigenvalue weighted by atomic mass is 9.30. The molecule has 5 aromatic carbocycles. The fourth-order valence-corrected chi connectivity index (χ4v) is 21.0. The Labute approximate surface area is 493 Å². The third kappa shape index (κ3) is 8.19. The number of rotatable bonds is 13. The number of phenols is 5. The number of H-pyrrole nitrogens is 1. The van der Waals surface area contributed by atoms with E-state index in [9.17, 15) is 35.7 Å². The number of aryl methyl sites for hydroxylation is 2. The predicted octanol–water partition coefficient (Wildman–Crippen LogP) is 11.7. The highest BCUT2D eigenvalue weighted by Gasteiger charge is 2.81. The zero-order chi connectivity index (χ0) is 57.1. The fraction of sp³-hybridized carbons (Fsp3) is 0.486. The van der Waals surface area contributed by atoms with Gasteiger partial charge in [0.25, 0.3) is 0 Å². The van der Waals surface area contributed by atoms with Crippen LogP contribution in [0.15, 0.2) is 121 Å². The van der Waals surface area contributed by atoms with Crippen LogP contribution in [0.1, 0.15) is 147 Å². The van der Waals surface area contributed by atoms with Crippen LogP contribution < -0.4 is 16.0 Å². The van der Waals surface area contributed by atoms with Crippen LogP contribution in [0.25, 0.3) is 22.9 Å². The summed E-state index contributed by atoms with van der Waals surface area (Å²) in [5.41, 5.74) is 9.11. The molecule has 2 bridgehead atoms. The molecule has 0 amide bonds. The molecule has 4 heterocycles. The van der Waals surface area contributed by atoms with Gasteiger partial charge < -0.3 is 56.7 Å². The number of aromatic hydroxyl groups is 5. The van der Waals surface area contributed by atoms with Gasteiger partial charge in [-0.2, -0.15) is 0 Å². The van der Waals surface area contributed by atoms with E-state index in [1.54, 1.807) is 18.2 Å². The molecule has 12 nitrogen and oxygen atoms in total. The van der Waals surface area contributed by atoms with Gasteiger partial charge in [0.15, 0.2) is 23.0 Å². The number of benzene rings is 5. The molecular weight excluding hydrogens is 1050 g/mol. The highest BCUT2D eigenvalue weighted by atomic mass is 16.3. The molecular formula is C72H83N5O7. The molecule has 11 N–H and O–H groups in total. The van der Waals surface area contributed by atoms with Gasteiger partial charge in [-0.15, -0.1) is 0 Å². The fourth-order valence-electron chi connectivity index (χ4n) is 21.0. The number of allylic oxidation sites excluding steroid dienone is 1. The van der Waals surface area contributed by atoms with Crippen LogP contribution in [0, 0.1) is 45.8 Å². The molecule has 6 fully saturated rings. The molecule has 6 aromatic rings. The average Bonchev–Trinajstić information content (AvgIpc) is 1.27. The largest absolute Gasteiger partial charge is 0.507 e. The van der Waals surface area contributed by atoms with Crippen LogP contribution in [0.5, 0.6) is 28.7 Å². The number of nitrogens with zero attached hydrogens (tertiary/aromatic N) is 1. The summed E-state index contributed by atoms with van der Waals surface area (Å²) in [6, 6.07) is 30.6. The molecule has 6 aliphatic carbocycles. The molecule has 4 saturated carbocycles. The molecule has 15 atom stereocenters. The molecule has 438 valence electrons. The summed E-state index contributed by atoms with van der Waals surface area (Å²) >= 11 is 0. The third-order valence-corrected chi connectivity index (χ3v) is 24.1. The maximum Gasteiger partial charge on any atom is 0.169 e. The summed E-state index contributed by atoms with van der Waals surface area (Å²) < 4.78 is 0. The van der Waals surface area contributed by atoms with Crippen LogP contribution in [-0.4, -0.2) is 89.6 Å². The number of hydrogen-bond donors (Lipinski definition) is 11. The number of fused-ring (bicyclic) bond motifs is 6. The zero-order valence-electron chi connectivity index (χ0n) is 48.2. The molecule has 84 heavy (non-hydrogen) atoms. The summed E-state index contributed by atoms with van der Waals surface area (Å²) in [5, 5.41) is 91.3. The molecule has 1 aromatic heterocycles. The van der Waals surface area contributed by atoms with Gasteiger partial charge in [0.05, 0.1) is 23.5 Å². The Balaban J connectivity index is 0.847. The van der Waals surface area contributed by atoms with Gasteiger partial charge in [0.2, 0.25) is 0 Å². The van der Waals surface area contributed by atoms with Gasteiger partial charge in [-0.05, 0) is 206 Å². The van der Waals surface area contributed by atoms with Crippen LogP contribution >= 0.6 is 0 Å². The Morgan fingerprint density at radius 1 is 0.726 bits per heavy atom. The van der Waals surface area contributed by atoms with Crippen molar-refractivity contribution >= 4 is 22.9 Å². The van der Waals surface area contributed by atoms with Crippen molar-refractivity contribution in [1.82, 2.24) is 25.9 Å². The SMILES string of the molecule is OCCCCNCC1=C[C@H](c2ccccc2)[C@H]2C[C@@]3(C[C@@H]1N2)C[C@@H](c1ccc(CCc2c(O)c(O)c4c(O)cccc4c2/C=C/c2ccc(O)c(O)c2)cc1)N[C@@H]1[C@H]3C[C@H]2CC[C@H]3CCc4[nH]cnc4[C@@]14[C@H]1[C@H](O)C=C[C@@H]5CCC[C@@]51CC[C@@]324. The zero-order valence-corrected chi connectivity index (χ0v) is 48.2. The van der Waals surface area contributed by atoms with E-state index in [0.29, 0.717) is 58.6 Å². The second kappa shape index (κ2) is 20.9. The van der Waals surface area contributed by atoms with Crippen LogP contribution in [0.2, 0.25) is 0 Å². The summed E-state index contributed by atoms with van der Waals surface area (Å²) in [6.07, 6.45) is 30.0. The molecule has 2 saturated heterocycles. The first kappa shape index (κ1) is 54.3. The van der Waals surface area contributed by atoms with Crippen molar-refractivity contribution in [2.24, 2.45) is 45.8 Å². The Hall–Kier alpha value is -6.41. The molecule has 9 aliphatic rings. The summed E-state index contributed by atoms with van der Waals surface area (Å²) in [6.45, 7) is 1.88. The second-order valence-electron chi connectivity index (χ2n) is 27.5.